The van der Waals surface area contributed by atoms with E-state index in [1.165, 1.54) is 0 Å². The van der Waals surface area contributed by atoms with Crippen LogP contribution in [0.5, 0.6) is 0 Å². The van der Waals surface area contributed by atoms with E-state index in [4.69, 9.17) is 5.73 Å². The predicted molar refractivity (Wildman–Crippen MR) is 61.8 cm³/mol. The van der Waals surface area contributed by atoms with E-state index in [1.54, 1.807) is 0 Å². The van der Waals surface area contributed by atoms with E-state index in [0.29, 0.717) is 6.04 Å². The van der Waals surface area contributed by atoms with E-state index in [1.807, 2.05) is 22.9 Å². The molecule has 1 aliphatic heterocycles. The third-order valence-electron chi connectivity index (χ3n) is 2.92. The predicted octanol–water partition coefficient (Wildman–Crippen LogP) is 1.82. The summed E-state index contributed by atoms with van der Waals surface area (Å²) in [5, 5.41) is 9.15. The van der Waals surface area contributed by atoms with Crippen LogP contribution in [-0.2, 0) is 6.54 Å². The Hall–Kier alpha value is -1.71. The summed E-state index contributed by atoms with van der Waals surface area (Å²) in [7, 11) is 0. The van der Waals surface area contributed by atoms with E-state index in [0.717, 1.165) is 35.4 Å². The first kappa shape index (κ1) is 8.59. The van der Waals surface area contributed by atoms with E-state index in [2.05, 4.69) is 17.3 Å². The minimum atomic E-state index is 0.523. The molecule has 1 aromatic heterocycles. The van der Waals surface area contributed by atoms with Gasteiger partial charge >= 0.3 is 0 Å². The third-order valence-corrected chi connectivity index (χ3v) is 2.92. The molecule has 0 spiro atoms. The average Bonchev–Trinajstić information content (AvgIpc) is 2.54. The molecule has 0 aliphatic carbocycles. The Labute approximate surface area is 88.1 Å². The molecule has 4 heteroatoms. The molecule has 0 bridgehead atoms. The monoisotopic (exact) mass is 202 g/mol. The molecule has 0 radical (unpaired) electrons. The number of aryl methyl sites for hydroxylation is 1. The van der Waals surface area contributed by atoms with Gasteiger partial charge in [0.25, 0.3) is 0 Å². The van der Waals surface area contributed by atoms with Crippen LogP contribution in [0.4, 0.5) is 11.5 Å². The van der Waals surface area contributed by atoms with Gasteiger partial charge in [-0.25, -0.2) is 4.68 Å². The van der Waals surface area contributed by atoms with Crippen LogP contribution in [0.15, 0.2) is 18.2 Å². The SMILES string of the molecule is CC1CCn2nc3cc(N)ccc3c2N1. The summed E-state index contributed by atoms with van der Waals surface area (Å²) in [5.74, 6) is 1.13. The first-order chi connectivity index (χ1) is 7.24. The number of anilines is 2. The molecule has 0 saturated carbocycles. The largest absolute Gasteiger partial charge is 0.399 e. The van der Waals surface area contributed by atoms with Crippen LogP contribution in [0.25, 0.3) is 10.9 Å². The smallest absolute Gasteiger partial charge is 0.132 e. The molecule has 1 aliphatic rings. The summed E-state index contributed by atoms with van der Waals surface area (Å²) in [6.45, 7) is 3.18. The number of hydrogen-bond donors (Lipinski definition) is 2. The number of fused-ring (bicyclic) bond motifs is 3. The van der Waals surface area contributed by atoms with Gasteiger partial charge in [0.05, 0.1) is 5.52 Å². The van der Waals surface area contributed by atoms with Gasteiger partial charge < -0.3 is 11.1 Å². The zero-order valence-electron chi connectivity index (χ0n) is 8.70. The molecule has 2 heterocycles. The van der Waals surface area contributed by atoms with Gasteiger partial charge in [-0.3, -0.25) is 0 Å². The van der Waals surface area contributed by atoms with Gasteiger partial charge in [-0.2, -0.15) is 5.10 Å². The normalized spacial score (nSPS) is 19.9. The Morgan fingerprint density at radius 3 is 3.27 bits per heavy atom. The summed E-state index contributed by atoms with van der Waals surface area (Å²) in [4.78, 5) is 0. The quantitative estimate of drug-likeness (QED) is 0.641. The maximum atomic E-state index is 5.74. The number of nitrogens with zero attached hydrogens (tertiary/aromatic N) is 2. The van der Waals surface area contributed by atoms with Crippen molar-refractivity contribution in [3.63, 3.8) is 0 Å². The van der Waals surface area contributed by atoms with Crippen LogP contribution in [0, 0.1) is 0 Å². The molecule has 0 fully saturated rings. The van der Waals surface area contributed by atoms with Gasteiger partial charge in [0.1, 0.15) is 5.82 Å². The van der Waals surface area contributed by atoms with Crippen molar-refractivity contribution in [2.45, 2.75) is 25.9 Å². The fraction of sp³-hybridized carbons (Fsp3) is 0.364. The lowest BCUT2D eigenvalue weighted by Gasteiger charge is -2.22. The van der Waals surface area contributed by atoms with Crippen LogP contribution in [0.2, 0.25) is 0 Å². The van der Waals surface area contributed by atoms with Gasteiger partial charge in [0, 0.05) is 23.7 Å². The minimum absolute atomic E-state index is 0.523. The van der Waals surface area contributed by atoms with Gasteiger partial charge in [0.2, 0.25) is 0 Å². The Balaban J connectivity index is 2.24. The topological polar surface area (TPSA) is 55.9 Å². The standard InChI is InChI=1S/C11H14N4/c1-7-4-5-15-11(13-7)9-3-2-8(12)6-10(9)14-15/h2-3,6-7,13H,4-5,12H2,1H3. The Morgan fingerprint density at radius 1 is 1.53 bits per heavy atom. The molecule has 1 atom stereocenters. The van der Waals surface area contributed by atoms with Crippen LogP contribution >= 0.6 is 0 Å². The van der Waals surface area contributed by atoms with Crippen LogP contribution in [0.3, 0.4) is 0 Å². The number of nitrogens with one attached hydrogen (secondary N) is 1. The van der Waals surface area contributed by atoms with Crippen LogP contribution < -0.4 is 11.1 Å². The number of benzene rings is 1. The second-order valence-electron chi connectivity index (χ2n) is 4.18. The van der Waals surface area contributed by atoms with Crippen molar-refractivity contribution in [1.82, 2.24) is 9.78 Å². The maximum Gasteiger partial charge on any atom is 0.132 e. The Bertz CT molecular complexity index is 515. The molecule has 0 saturated heterocycles. The fourth-order valence-corrected chi connectivity index (χ4v) is 2.09. The fourth-order valence-electron chi connectivity index (χ4n) is 2.09. The first-order valence-corrected chi connectivity index (χ1v) is 5.26. The van der Waals surface area contributed by atoms with Crippen molar-refractivity contribution >= 4 is 22.4 Å². The molecule has 1 aromatic carbocycles. The highest BCUT2D eigenvalue weighted by Crippen LogP contribution is 2.28. The molecule has 15 heavy (non-hydrogen) atoms. The summed E-state index contributed by atoms with van der Waals surface area (Å²) >= 11 is 0. The molecule has 1 unspecified atom stereocenters. The maximum absolute atomic E-state index is 5.74. The second-order valence-corrected chi connectivity index (χ2v) is 4.18. The number of nitrogens with two attached hydrogens (primary N) is 1. The lowest BCUT2D eigenvalue weighted by molar-refractivity contribution is 0.516. The number of nitrogen functional groups attached to an aromatic ring is 1. The molecule has 0 amide bonds. The highest BCUT2D eigenvalue weighted by atomic mass is 15.3. The van der Waals surface area contributed by atoms with Gasteiger partial charge in [0.15, 0.2) is 0 Å². The van der Waals surface area contributed by atoms with Crippen molar-refractivity contribution in [3.8, 4) is 0 Å². The van der Waals surface area contributed by atoms with Gasteiger partial charge in [-0.1, -0.05) is 0 Å². The lowest BCUT2D eigenvalue weighted by Crippen LogP contribution is -2.25. The molecule has 2 aromatic rings. The molecule has 78 valence electrons. The minimum Gasteiger partial charge on any atom is -0.399 e. The lowest BCUT2D eigenvalue weighted by atomic mass is 10.1. The van der Waals surface area contributed by atoms with E-state index in [9.17, 15) is 0 Å². The van der Waals surface area contributed by atoms with Crippen molar-refractivity contribution in [2.75, 3.05) is 11.1 Å². The van der Waals surface area contributed by atoms with Crippen molar-refractivity contribution in [3.05, 3.63) is 18.2 Å². The number of aromatic nitrogens is 2. The van der Waals surface area contributed by atoms with E-state index < -0.39 is 0 Å². The highest BCUT2D eigenvalue weighted by Gasteiger charge is 2.18. The summed E-state index contributed by atoms with van der Waals surface area (Å²) in [6, 6.07) is 6.41. The average molecular weight is 202 g/mol. The molecule has 3 N–H and O–H groups in total. The third kappa shape index (κ3) is 1.25. The zero-order chi connectivity index (χ0) is 10.4. The Kier molecular flexibility index (Phi) is 1.65. The second kappa shape index (κ2) is 2.89. The summed E-state index contributed by atoms with van der Waals surface area (Å²) < 4.78 is 2.03. The highest BCUT2D eigenvalue weighted by molar-refractivity contribution is 5.92. The van der Waals surface area contributed by atoms with Crippen LogP contribution in [-0.4, -0.2) is 15.8 Å². The molecule has 3 rings (SSSR count). The van der Waals surface area contributed by atoms with Crippen LogP contribution in [0.1, 0.15) is 13.3 Å². The van der Waals surface area contributed by atoms with E-state index >= 15 is 0 Å². The summed E-state index contributed by atoms with van der Waals surface area (Å²) in [6.07, 6.45) is 1.12. The van der Waals surface area contributed by atoms with Crippen molar-refractivity contribution in [1.29, 1.82) is 0 Å². The van der Waals surface area contributed by atoms with Crippen molar-refractivity contribution in [2.24, 2.45) is 0 Å². The molecule has 4 nitrogen and oxygen atoms in total. The number of hydrogen-bond acceptors (Lipinski definition) is 3. The van der Waals surface area contributed by atoms with Gasteiger partial charge in [-0.05, 0) is 31.5 Å². The first-order valence-electron chi connectivity index (χ1n) is 5.26. The molecular weight excluding hydrogens is 188 g/mol. The van der Waals surface area contributed by atoms with Gasteiger partial charge in [-0.15, -0.1) is 0 Å². The molecular formula is C11H14N4. The zero-order valence-corrected chi connectivity index (χ0v) is 8.70. The van der Waals surface area contributed by atoms with Crippen molar-refractivity contribution < 1.29 is 0 Å². The summed E-state index contributed by atoms with van der Waals surface area (Å²) in [5.41, 5.74) is 7.49. The number of rotatable bonds is 0. The Morgan fingerprint density at radius 2 is 2.40 bits per heavy atom. The van der Waals surface area contributed by atoms with E-state index in [-0.39, 0.29) is 0 Å².